The van der Waals surface area contributed by atoms with Gasteiger partial charge in [-0.1, -0.05) is 0 Å². The van der Waals surface area contributed by atoms with E-state index in [0.717, 1.165) is 12.8 Å². The lowest BCUT2D eigenvalue weighted by molar-refractivity contribution is 0.0301. The molecule has 0 aliphatic carbocycles. The van der Waals surface area contributed by atoms with Crippen LogP contribution in [0.5, 0.6) is 0 Å². The minimum atomic E-state index is -3.64. The largest absolute Gasteiger partial charge is 0.378 e. The molecule has 1 amide bonds. The number of nitrogens with zero attached hydrogens (tertiary/aromatic N) is 3. The van der Waals surface area contributed by atoms with E-state index in [0.29, 0.717) is 44.9 Å². The summed E-state index contributed by atoms with van der Waals surface area (Å²) >= 11 is 0. The van der Waals surface area contributed by atoms with Gasteiger partial charge in [-0.15, -0.1) is 0 Å². The first-order chi connectivity index (χ1) is 13.4. The monoisotopic (exact) mass is 405 g/mol. The summed E-state index contributed by atoms with van der Waals surface area (Å²) in [5.41, 5.74) is 0.194. The minimum absolute atomic E-state index is 0.0487. The summed E-state index contributed by atoms with van der Waals surface area (Å²) in [6.45, 7) is 2.74. The van der Waals surface area contributed by atoms with Crippen LogP contribution in [0.1, 0.15) is 23.2 Å². The predicted octanol–water partition coefficient (Wildman–Crippen LogP) is 0.795. The van der Waals surface area contributed by atoms with Gasteiger partial charge in [-0.25, -0.2) is 8.42 Å². The quantitative estimate of drug-likeness (QED) is 0.754. The average Bonchev–Trinajstić information content (AvgIpc) is 3.26. The molecule has 28 heavy (non-hydrogen) atoms. The second kappa shape index (κ2) is 7.31. The number of hydrogen-bond donors (Lipinski definition) is 0. The first-order valence-electron chi connectivity index (χ1n) is 9.40. The SMILES string of the molecule is Cn1cc(C(=O)N2CCOCC2)c(=O)c2cc(S(=O)(=O)N3CCCC3)ccc21. The molecule has 1 aromatic carbocycles. The maximum Gasteiger partial charge on any atom is 0.259 e. The maximum absolute atomic E-state index is 13.1. The Hall–Kier alpha value is -2.23. The fraction of sp³-hybridized carbons (Fsp3) is 0.474. The van der Waals surface area contributed by atoms with E-state index < -0.39 is 15.5 Å². The van der Waals surface area contributed by atoms with E-state index >= 15 is 0 Å². The van der Waals surface area contributed by atoms with Crippen molar-refractivity contribution in [1.29, 1.82) is 0 Å². The summed E-state index contributed by atoms with van der Waals surface area (Å²) in [6, 6.07) is 4.56. The van der Waals surface area contributed by atoms with Crippen molar-refractivity contribution in [3.05, 3.63) is 40.2 Å². The molecule has 0 radical (unpaired) electrons. The van der Waals surface area contributed by atoms with E-state index in [2.05, 4.69) is 0 Å². The van der Waals surface area contributed by atoms with Crippen LogP contribution in [0.15, 0.2) is 34.1 Å². The van der Waals surface area contributed by atoms with Gasteiger partial charge in [-0.05, 0) is 31.0 Å². The van der Waals surface area contributed by atoms with Crippen LogP contribution in [-0.4, -0.2) is 67.5 Å². The van der Waals surface area contributed by atoms with Crippen LogP contribution in [0.3, 0.4) is 0 Å². The third-order valence-electron chi connectivity index (χ3n) is 5.39. The van der Waals surface area contributed by atoms with E-state index in [-0.39, 0.29) is 21.8 Å². The standard InChI is InChI=1S/C19H23N3O5S/c1-20-13-16(19(24)21-8-10-27-11-9-21)18(23)15-12-14(4-5-17(15)20)28(25,26)22-6-2-3-7-22/h4-5,12-13H,2-3,6-11H2,1H3. The number of fused-ring (bicyclic) bond motifs is 1. The third-order valence-corrected chi connectivity index (χ3v) is 7.29. The molecule has 150 valence electrons. The van der Waals surface area contributed by atoms with Gasteiger partial charge < -0.3 is 14.2 Å². The summed E-state index contributed by atoms with van der Waals surface area (Å²) in [7, 11) is -1.90. The predicted molar refractivity (Wildman–Crippen MR) is 104 cm³/mol. The lowest BCUT2D eigenvalue weighted by Crippen LogP contribution is -2.42. The third kappa shape index (κ3) is 3.23. The number of carbonyl (C=O) groups is 1. The van der Waals surface area contributed by atoms with Crippen LogP contribution in [-0.2, 0) is 21.8 Å². The molecule has 0 bridgehead atoms. The van der Waals surface area contributed by atoms with Gasteiger partial charge in [0.15, 0.2) is 0 Å². The van der Waals surface area contributed by atoms with Crippen molar-refractivity contribution in [2.75, 3.05) is 39.4 Å². The van der Waals surface area contributed by atoms with Gasteiger partial charge in [0.1, 0.15) is 5.56 Å². The molecule has 8 nitrogen and oxygen atoms in total. The number of aromatic nitrogens is 1. The summed E-state index contributed by atoms with van der Waals surface area (Å²) in [6.07, 6.45) is 3.21. The smallest absolute Gasteiger partial charge is 0.259 e. The number of ether oxygens (including phenoxy) is 1. The Morgan fingerprint density at radius 2 is 1.75 bits per heavy atom. The molecule has 0 unspecified atom stereocenters. The lowest BCUT2D eigenvalue weighted by atomic mass is 10.1. The Morgan fingerprint density at radius 3 is 2.43 bits per heavy atom. The number of amides is 1. The molecule has 0 saturated carbocycles. The van der Waals surface area contributed by atoms with Crippen molar-refractivity contribution < 1.29 is 17.9 Å². The number of aryl methyl sites for hydroxylation is 1. The number of rotatable bonds is 3. The Bertz CT molecular complexity index is 1080. The van der Waals surface area contributed by atoms with Gasteiger partial charge in [0, 0.05) is 44.8 Å². The summed E-state index contributed by atoms with van der Waals surface area (Å²) in [5.74, 6) is -0.349. The van der Waals surface area contributed by atoms with Crippen LogP contribution in [0.2, 0.25) is 0 Å². The molecule has 0 atom stereocenters. The molecule has 1 aromatic heterocycles. The molecule has 2 aliphatic rings. The number of pyridine rings is 1. The summed E-state index contributed by atoms with van der Waals surface area (Å²) in [5, 5.41) is 0.238. The Morgan fingerprint density at radius 1 is 1.07 bits per heavy atom. The zero-order valence-electron chi connectivity index (χ0n) is 15.8. The number of sulfonamides is 1. The van der Waals surface area contributed by atoms with Gasteiger partial charge in [0.25, 0.3) is 5.91 Å². The van der Waals surface area contributed by atoms with E-state index in [9.17, 15) is 18.0 Å². The Balaban J connectivity index is 1.81. The maximum atomic E-state index is 13.1. The van der Waals surface area contributed by atoms with Crippen LogP contribution >= 0.6 is 0 Å². The number of morpholine rings is 1. The molecule has 4 rings (SSSR count). The highest BCUT2D eigenvalue weighted by Crippen LogP contribution is 2.23. The fourth-order valence-corrected chi connectivity index (χ4v) is 5.34. The molecule has 2 aliphatic heterocycles. The normalized spacial score (nSPS) is 18.7. The van der Waals surface area contributed by atoms with Gasteiger partial charge in [0.05, 0.1) is 23.6 Å². The highest BCUT2D eigenvalue weighted by molar-refractivity contribution is 7.89. The van der Waals surface area contributed by atoms with Crippen LogP contribution in [0.25, 0.3) is 10.9 Å². The van der Waals surface area contributed by atoms with Crippen molar-refractivity contribution in [2.24, 2.45) is 7.05 Å². The van der Waals surface area contributed by atoms with Gasteiger partial charge in [-0.2, -0.15) is 4.31 Å². The fourth-order valence-electron chi connectivity index (χ4n) is 3.80. The average molecular weight is 405 g/mol. The van der Waals surface area contributed by atoms with Crippen LogP contribution in [0, 0.1) is 0 Å². The molecule has 0 N–H and O–H groups in total. The Kier molecular flexibility index (Phi) is 4.98. The summed E-state index contributed by atoms with van der Waals surface area (Å²) < 4.78 is 34.1. The summed E-state index contributed by atoms with van der Waals surface area (Å²) in [4.78, 5) is 27.6. The minimum Gasteiger partial charge on any atom is -0.378 e. The first kappa shape index (κ1) is 19.1. The van der Waals surface area contributed by atoms with Crippen LogP contribution < -0.4 is 5.43 Å². The van der Waals surface area contributed by atoms with Crippen molar-refractivity contribution in [1.82, 2.24) is 13.8 Å². The highest BCUT2D eigenvalue weighted by Gasteiger charge is 2.28. The van der Waals surface area contributed by atoms with Gasteiger partial charge in [-0.3, -0.25) is 9.59 Å². The molecule has 2 saturated heterocycles. The van der Waals surface area contributed by atoms with Crippen LogP contribution in [0.4, 0.5) is 0 Å². The number of benzene rings is 1. The van der Waals surface area contributed by atoms with Crippen molar-refractivity contribution in [3.63, 3.8) is 0 Å². The van der Waals surface area contributed by atoms with E-state index in [4.69, 9.17) is 4.74 Å². The zero-order chi connectivity index (χ0) is 19.9. The van der Waals surface area contributed by atoms with E-state index in [1.807, 2.05) is 0 Å². The van der Waals surface area contributed by atoms with Gasteiger partial charge >= 0.3 is 0 Å². The molecule has 2 fully saturated rings. The van der Waals surface area contributed by atoms with E-state index in [1.54, 1.807) is 22.6 Å². The molecule has 0 spiro atoms. The topological polar surface area (TPSA) is 88.9 Å². The molecule has 9 heteroatoms. The second-order valence-corrected chi connectivity index (χ2v) is 9.12. The Labute approximate surface area is 163 Å². The van der Waals surface area contributed by atoms with Crippen molar-refractivity contribution >= 4 is 26.8 Å². The van der Waals surface area contributed by atoms with Crippen molar-refractivity contribution in [2.45, 2.75) is 17.7 Å². The highest BCUT2D eigenvalue weighted by atomic mass is 32.2. The zero-order valence-corrected chi connectivity index (χ0v) is 16.6. The molecular formula is C19H23N3O5S. The van der Waals surface area contributed by atoms with E-state index in [1.165, 1.54) is 22.6 Å². The first-order valence-corrected chi connectivity index (χ1v) is 10.8. The molecule has 3 heterocycles. The molecular weight excluding hydrogens is 382 g/mol. The number of hydrogen-bond acceptors (Lipinski definition) is 5. The molecule has 2 aromatic rings. The second-order valence-electron chi connectivity index (χ2n) is 7.18. The number of carbonyl (C=O) groups excluding carboxylic acids is 1. The van der Waals surface area contributed by atoms with Crippen molar-refractivity contribution in [3.8, 4) is 0 Å². The van der Waals surface area contributed by atoms with Gasteiger partial charge in [0.2, 0.25) is 15.5 Å². The lowest BCUT2D eigenvalue weighted by Gasteiger charge is -2.27.